The summed E-state index contributed by atoms with van der Waals surface area (Å²) in [6.45, 7) is 0.459. The second kappa shape index (κ2) is 6.92. The van der Waals surface area contributed by atoms with Crippen LogP contribution < -0.4 is 16.0 Å². The number of imidazole rings is 1. The van der Waals surface area contributed by atoms with Gasteiger partial charge >= 0.3 is 6.03 Å². The van der Waals surface area contributed by atoms with Crippen LogP contribution >= 0.6 is 0 Å². The highest BCUT2D eigenvalue weighted by Gasteiger charge is 2.34. The molecule has 2 atom stereocenters. The first-order chi connectivity index (χ1) is 15.2. The number of hydrogen-bond acceptors (Lipinski definition) is 7. The summed E-state index contributed by atoms with van der Waals surface area (Å²) in [6, 6.07) is 9.70. The van der Waals surface area contributed by atoms with E-state index in [0.717, 1.165) is 40.7 Å². The molecule has 31 heavy (non-hydrogen) atoms. The Hall–Kier alpha value is -3.72. The monoisotopic (exact) mass is 415 g/mol. The Labute approximate surface area is 177 Å². The van der Waals surface area contributed by atoms with E-state index >= 15 is 0 Å². The molecule has 0 spiro atoms. The zero-order valence-electron chi connectivity index (χ0n) is 16.9. The van der Waals surface area contributed by atoms with Gasteiger partial charge in [-0.15, -0.1) is 0 Å². The maximum atomic E-state index is 13.0. The minimum absolute atomic E-state index is 0.0147. The first-order valence-electron chi connectivity index (χ1n) is 10.3. The molecule has 1 aliphatic heterocycles. The molecule has 1 aromatic carbocycles. The van der Waals surface area contributed by atoms with Gasteiger partial charge in [-0.1, -0.05) is 6.07 Å². The van der Waals surface area contributed by atoms with Gasteiger partial charge in [0.25, 0.3) is 0 Å². The van der Waals surface area contributed by atoms with Crippen molar-refractivity contribution in [1.82, 2.24) is 24.8 Å². The lowest BCUT2D eigenvalue weighted by molar-refractivity contribution is -0.0322. The molecule has 156 valence electrons. The Kier molecular flexibility index (Phi) is 4.03. The van der Waals surface area contributed by atoms with Crippen LogP contribution in [-0.2, 0) is 11.3 Å². The second-order valence-corrected chi connectivity index (χ2v) is 7.92. The summed E-state index contributed by atoms with van der Waals surface area (Å²) >= 11 is 0. The molecule has 3 N–H and O–H groups in total. The Balaban J connectivity index is 1.56. The molecule has 1 amide bonds. The largest absolute Gasteiger partial charge is 0.386 e. The molecule has 1 aliphatic carbocycles. The van der Waals surface area contributed by atoms with Gasteiger partial charge in [0, 0.05) is 24.7 Å². The number of ether oxygens (including phenoxy) is 1. The van der Waals surface area contributed by atoms with E-state index in [9.17, 15) is 4.79 Å². The lowest BCUT2D eigenvalue weighted by Crippen LogP contribution is -2.52. The van der Waals surface area contributed by atoms with Crippen LogP contribution in [0.4, 0.5) is 22.0 Å². The fraction of sp³-hybridized carbons (Fsp3) is 0.273. The van der Waals surface area contributed by atoms with Crippen LogP contribution in [0.25, 0.3) is 22.1 Å². The number of aromatic nitrogens is 4. The number of benzene rings is 1. The number of fused-ring (bicyclic) bond motifs is 6. The molecule has 9 nitrogen and oxygen atoms in total. The molecular formula is C22H21N7O2. The number of hydrogen-bond donors (Lipinski definition) is 3. The van der Waals surface area contributed by atoms with Crippen molar-refractivity contribution in [3.8, 4) is 0 Å². The number of amides is 1. The van der Waals surface area contributed by atoms with E-state index in [-0.39, 0.29) is 18.2 Å². The third kappa shape index (κ3) is 2.97. The molecule has 0 radical (unpaired) electrons. The maximum absolute atomic E-state index is 13.0. The number of carbonyl (C=O) groups is 1. The van der Waals surface area contributed by atoms with Crippen LogP contribution in [0.2, 0.25) is 0 Å². The van der Waals surface area contributed by atoms with Crippen LogP contribution in [0.1, 0.15) is 18.4 Å². The quantitative estimate of drug-likeness (QED) is 0.438. The van der Waals surface area contributed by atoms with Crippen molar-refractivity contribution in [2.75, 3.05) is 17.7 Å². The standard InChI is InChI=1S/C22H21N7O2/c1-23-15-9-18-26-16-8-12(7-13-3-2-6-24-19(13)16)10-31-17-5-4-14(17)27-22(30)29-11-25-20(15)21(29)28-18/h2-3,6-9,11,14,17H,4-5,10H2,1H3,(H,27,30)(H2,23,26,28)/t14-,17-/m1/s1. The van der Waals surface area contributed by atoms with E-state index in [1.54, 1.807) is 6.20 Å². The van der Waals surface area contributed by atoms with E-state index in [1.807, 2.05) is 25.2 Å². The molecule has 1 fully saturated rings. The fourth-order valence-corrected chi connectivity index (χ4v) is 4.23. The molecule has 4 heterocycles. The van der Waals surface area contributed by atoms with Crippen molar-refractivity contribution in [2.24, 2.45) is 0 Å². The van der Waals surface area contributed by atoms with Gasteiger partial charge in [-0.2, -0.15) is 0 Å². The molecule has 4 bridgehead atoms. The van der Waals surface area contributed by atoms with Crippen molar-refractivity contribution < 1.29 is 9.53 Å². The third-order valence-electron chi connectivity index (χ3n) is 6.00. The first kappa shape index (κ1) is 18.1. The van der Waals surface area contributed by atoms with Crippen LogP contribution in [0.15, 0.2) is 42.9 Å². The van der Waals surface area contributed by atoms with Crippen LogP contribution in [0.3, 0.4) is 0 Å². The highest BCUT2D eigenvalue weighted by atomic mass is 16.5. The first-order valence-corrected chi connectivity index (χ1v) is 10.3. The molecule has 9 heteroatoms. The summed E-state index contributed by atoms with van der Waals surface area (Å²) in [7, 11) is 1.82. The molecule has 6 rings (SSSR count). The van der Waals surface area contributed by atoms with Crippen LogP contribution in [-0.4, -0.2) is 44.7 Å². The zero-order chi connectivity index (χ0) is 20.9. The Morgan fingerprint density at radius 2 is 2.13 bits per heavy atom. The van der Waals surface area contributed by atoms with Gasteiger partial charge in [0.05, 0.1) is 35.6 Å². The van der Waals surface area contributed by atoms with E-state index in [0.29, 0.717) is 23.6 Å². The number of nitrogens with zero attached hydrogens (tertiary/aromatic N) is 4. The van der Waals surface area contributed by atoms with Gasteiger partial charge in [-0.25, -0.2) is 19.3 Å². The van der Waals surface area contributed by atoms with Gasteiger partial charge in [0.2, 0.25) is 0 Å². The van der Waals surface area contributed by atoms with Crippen LogP contribution in [0.5, 0.6) is 0 Å². The summed E-state index contributed by atoms with van der Waals surface area (Å²) in [4.78, 5) is 26.6. The van der Waals surface area contributed by atoms with E-state index in [1.165, 1.54) is 10.9 Å². The predicted octanol–water partition coefficient (Wildman–Crippen LogP) is 3.38. The number of carbonyl (C=O) groups excluding carboxylic acids is 1. The second-order valence-electron chi connectivity index (χ2n) is 7.92. The van der Waals surface area contributed by atoms with E-state index in [4.69, 9.17) is 9.72 Å². The number of nitrogens with one attached hydrogen (secondary N) is 3. The minimum atomic E-state index is -0.254. The molecule has 4 aromatic rings. The molecule has 2 aliphatic rings. The zero-order valence-corrected chi connectivity index (χ0v) is 16.9. The molecular weight excluding hydrogens is 394 g/mol. The van der Waals surface area contributed by atoms with Gasteiger partial charge < -0.3 is 20.7 Å². The van der Waals surface area contributed by atoms with Crippen molar-refractivity contribution in [1.29, 1.82) is 0 Å². The fourth-order valence-electron chi connectivity index (χ4n) is 4.23. The average molecular weight is 415 g/mol. The minimum Gasteiger partial charge on any atom is -0.386 e. The number of rotatable bonds is 1. The third-order valence-corrected chi connectivity index (χ3v) is 6.00. The molecule has 1 saturated carbocycles. The molecule has 0 unspecified atom stereocenters. The van der Waals surface area contributed by atoms with Gasteiger partial charge in [-0.05, 0) is 36.6 Å². The van der Waals surface area contributed by atoms with Gasteiger partial charge in [-0.3, -0.25) is 4.98 Å². The normalized spacial score (nSPS) is 20.5. The van der Waals surface area contributed by atoms with E-state index in [2.05, 4.69) is 38.1 Å². The highest BCUT2D eigenvalue weighted by molar-refractivity contribution is 5.96. The van der Waals surface area contributed by atoms with Crippen molar-refractivity contribution in [3.63, 3.8) is 0 Å². The molecule has 0 saturated heterocycles. The SMILES string of the molecule is CNc1cc2nc3c1ncn3C(=O)N[C@@H]1CC[C@H]1OCc1cc(c3ncccc3c1)N2. The topological polar surface area (TPSA) is 106 Å². The Morgan fingerprint density at radius 1 is 1.19 bits per heavy atom. The van der Waals surface area contributed by atoms with Gasteiger partial charge in [0.1, 0.15) is 17.7 Å². The van der Waals surface area contributed by atoms with Crippen molar-refractivity contribution in [3.05, 3.63) is 48.4 Å². The summed E-state index contributed by atoms with van der Waals surface area (Å²) in [5, 5.41) is 10.6. The van der Waals surface area contributed by atoms with Crippen molar-refractivity contribution in [2.45, 2.75) is 31.6 Å². The van der Waals surface area contributed by atoms with Crippen LogP contribution in [0, 0.1) is 0 Å². The maximum Gasteiger partial charge on any atom is 0.328 e. The van der Waals surface area contributed by atoms with Crippen molar-refractivity contribution >= 4 is 45.3 Å². The molecule has 3 aromatic heterocycles. The predicted molar refractivity (Wildman–Crippen MR) is 118 cm³/mol. The smallest absolute Gasteiger partial charge is 0.328 e. The Bertz CT molecular complexity index is 1330. The summed E-state index contributed by atoms with van der Waals surface area (Å²) < 4.78 is 7.60. The Morgan fingerprint density at radius 3 is 2.97 bits per heavy atom. The lowest BCUT2D eigenvalue weighted by Gasteiger charge is -2.36. The summed E-state index contributed by atoms with van der Waals surface area (Å²) in [6.07, 6.45) is 5.07. The number of pyridine rings is 2. The van der Waals surface area contributed by atoms with E-state index < -0.39 is 0 Å². The summed E-state index contributed by atoms with van der Waals surface area (Å²) in [5.41, 5.74) is 4.62. The lowest BCUT2D eigenvalue weighted by atomic mass is 9.89. The highest BCUT2D eigenvalue weighted by Crippen LogP contribution is 2.31. The van der Waals surface area contributed by atoms with Gasteiger partial charge in [0.15, 0.2) is 5.65 Å². The average Bonchev–Trinajstić information content (AvgIpc) is 3.20. The number of anilines is 3. The summed E-state index contributed by atoms with van der Waals surface area (Å²) in [5.74, 6) is 0.593.